The molecule has 0 radical (unpaired) electrons. The molecule has 7 heteroatoms. The van der Waals surface area contributed by atoms with Crippen LogP contribution in [0.1, 0.15) is 9.67 Å². The van der Waals surface area contributed by atoms with Gasteiger partial charge in [0.25, 0.3) is 0 Å². The first-order chi connectivity index (χ1) is 11.7. The third-order valence-corrected chi connectivity index (χ3v) is 4.68. The second-order valence-corrected chi connectivity index (χ2v) is 6.58. The van der Waals surface area contributed by atoms with Crippen molar-refractivity contribution in [2.45, 2.75) is 0 Å². The zero-order valence-corrected chi connectivity index (χ0v) is 14.0. The van der Waals surface area contributed by atoms with E-state index in [1.807, 2.05) is 59.1 Å². The number of rotatable bonds is 1. The predicted octanol–water partition coefficient (Wildman–Crippen LogP) is 4.59. The molecule has 0 aliphatic rings. The van der Waals surface area contributed by atoms with Crippen LogP contribution in [0.5, 0.6) is 0 Å². The van der Waals surface area contributed by atoms with Gasteiger partial charge in [0.2, 0.25) is 0 Å². The van der Waals surface area contributed by atoms with Crippen molar-refractivity contribution in [3.8, 4) is 0 Å². The zero-order chi connectivity index (χ0) is 16.5. The van der Waals surface area contributed by atoms with Gasteiger partial charge in [-0.1, -0.05) is 35.6 Å². The van der Waals surface area contributed by atoms with Crippen molar-refractivity contribution < 1.29 is 4.79 Å². The van der Waals surface area contributed by atoms with Crippen LogP contribution >= 0.6 is 23.6 Å². The molecule has 0 amide bonds. The van der Waals surface area contributed by atoms with Crippen molar-refractivity contribution in [3.63, 3.8) is 0 Å². The second-order valence-electron chi connectivity index (χ2n) is 5.13. The van der Waals surface area contributed by atoms with E-state index in [1.165, 1.54) is 11.3 Å². The molecular formula is C17H12N4OS2. The standard InChI is InChI=1S/C10H6N2OS.C7H6N2S/c13-6-7-5-12-9-4-2-1-3-8(9)11-10(12)14-7;10-7-8-5-3-1-2-4-6(5)9-7/h1-6H;1-4H,(H2,8,9,10). The molecule has 0 atom stereocenters. The maximum Gasteiger partial charge on any atom is 0.195 e. The summed E-state index contributed by atoms with van der Waals surface area (Å²) in [5.74, 6) is 0. The number of fused-ring (bicyclic) bond motifs is 4. The average Bonchev–Trinajstić information content (AvgIpc) is 3.25. The van der Waals surface area contributed by atoms with Crippen LogP contribution in [0.25, 0.3) is 27.0 Å². The number of aldehydes is 1. The molecule has 2 N–H and O–H groups in total. The number of hydrogen-bond donors (Lipinski definition) is 2. The van der Waals surface area contributed by atoms with E-state index in [4.69, 9.17) is 12.2 Å². The lowest BCUT2D eigenvalue weighted by molar-refractivity contribution is 0.112. The fourth-order valence-corrected chi connectivity index (χ4v) is 3.54. The maximum atomic E-state index is 10.6. The Morgan fingerprint density at radius 1 is 1.04 bits per heavy atom. The third-order valence-electron chi connectivity index (χ3n) is 3.57. The minimum absolute atomic E-state index is 0.682. The van der Waals surface area contributed by atoms with E-state index >= 15 is 0 Å². The van der Waals surface area contributed by atoms with Gasteiger partial charge < -0.3 is 9.97 Å². The van der Waals surface area contributed by atoms with E-state index in [-0.39, 0.29) is 0 Å². The van der Waals surface area contributed by atoms with Gasteiger partial charge in [0.05, 0.1) is 26.9 Å². The maximum absolute atomic E-state index is 10.6. The number of carbonyl (C=O) groups is 1. The van der Waals surface area contributed by atoms with Crippen molar-refractivity contribution in [2.75, 3.05) is 0 Å². The van der Waals surface area contributed by atoms with Crippen LogP contribution in [0.2, 0.25) is 0 Å². The van der Waals surface area contributed by atoms with Gasteiger partial charge in [-0.25, -0.2) is 4.98 Å². The molecule has 0 saturated carbocycles. The van der Waals surface area contributed by atoms with Crippen molar-refractivity contribution in [3.05, 3.63) is 64.4 Å². The van der Waals surface area contributed by atoms with Crippen LogP contribution in [-0.2, 0) is 0 Å². The number of H-pyrrole nitrogens is 2. The van der Waals surface area contributed by atoms with Crippen molar-refractivity contribution in [1.82, 2.24) is 19.4 Å². The lowest BCUT2D eigenvalue weighted by atomic mass is 10.3. The molecule has 5 nitrogen and oxygen atoms in total. The van der Waals surface area contributed by atoms with E-state index < -0.39 is 0 Å². The molecule has 0 unspecified atom stereocenters. The normalized spacial score (nSPS) is 10.8. The number of aromatic nitrogens is 4. The number of imidazole rings is 2. The lowest BCUT2D eigenvalue weighted by Crippen LogP contribution is -1.76. The quantitative estimate of drug-likeness (QED) is 0.343. The van der Waals surface area contributed by atoms with E-state index in [0.29, 0.717) is 9.65 Å². The number of aromatic amines is 2. The van der Waals surface area contributed by atoms with E-state index in [9.17, 15) is 4.79 Å². The summed E-state index contributed by atoms with van der Waals surface area (Å²) in [6, 6.07) is 15.8. The van der Waals surface area contributed by atoms with Crippen molar-refractivity contribution >= 4 is 56.9 Å². The smallest absolute Gasteiger partial charge is 0.195 e. The highest BCUT2D eigenvalue weighted by atomic mass is 32.1. The zero-order valence-electron chi connectivity index (χ0n) is 12.4. The van der Waals surface area contributed by atoms with E-state index in [0.717, 1.165) is 33.3 Å². The molecule has 3 aromatic heterocycles. The largest absolute Gasteiger partial charge is 0.331 e. The lowest BCUT2D eigenvalue weighted by Gasteiger charge is -1.86. The monoisotopic (exact) mass is 352 g/mol. The summed E-state index contributed by atoms with van der Waals surface area (Å²) in [6.07, 6.45) is 2.68. The minimum atomic E-state index is 0.682. The van der Waals surface area contributed by atoms with Crippen LogP contribution in [0.15, 0.2) is 54.7 Å². The Labute approximate surface area is 145 Å². The molecule has 118 valence electrons. The SMILES string of the molecule is O=Cc1cn2c(nc3ccccc32)s1.S=c1[nH]c2ccccc2[nH]1. The van der Waals surface area contributed by atoms with Gasteiger partial charge in [-0.15, -0.1) is 0 Å². The second kappa shape index (κ2) is 6.03. The highest BCUT2D eigenvalue weighted by molar-refractivity contribution is 7.71. The molecule has 0 aliphatic carbocycles. The molecule has 3 heterocycles. The number of para-hydroxylation sites is 4. The highest BCUT2D eigenvalue weighted by Gasteiger charge is 2.06. The Morgan fingerprint density at radius 3 is 2.42 bits per heavy atom. The Kier molecular flexibility index (Phi) is 3.72. The van der Waals surface area contributed by atoms with Crippen molar-refractivity contribution in [1.29, 1.82) is 0 Å². The predicted molar refractivity (Wildman–Crippen MR) is 99.4 cm³/mol. The van der Waals surface area contributed by atoms with Crippen LogP contribution < -0.4 is 0 Å². The van der Waals surface area contributed by atoms with Gasteiger partial charge in [-0.3, -0.25) is 9.20 Å². The summed E-state index contributed by atoms with van der Waals surface area (Å²) in [4.78, 5) is 22.6. The average molecular weight is 352 g/mol. The van der Waals surface area contributed by atoms with Crippen molar-refractivity contribution in [2.24, 2.45) is 0 Å². The molecule has 0 fully saturated rings. The van der Waals surface area contributed by atoms with Crippen LogP contribution in [0.4, 0.5) is 0 Å². The third kappa shape index (κ3) is 2.64. The number of hydrogen-bond acceptors (Lipinski definition) is 4. The van der Waals surface area contributed by atoms with Gasteiger partial charge >= 0.3 is 0 Å². The summed E-state index contributed by atoms with van der Waals surface area (Å²) in [7, 11) is 0. The first-order valence-electron chi connectivity index (χ1n) is 7.23. The fourth-order valence-electron chi connectivity index (χ4n) is 2.51. The topological polar surface area (TPSA) is 66.0 Å². The summed E-state index contributed by atoms with van der Waals surface area (Å²) in [5, 5.41) is 0. The fraction of sp³-hybridized carbons (Fsp3) is 0. The summed E-state index contributed by atoms with van der Waals surface area (Å²) >= 11 is 6.31. The molecule has 0 spiro atoms. The van der Waals surface area contributed by atoms with Gasteiger partial charge in [-0.05, 0) is 36.5 Å². The molecule has 5 aromatic rings. The van der Waals surface area contributed by atoms with Crippen LogP contribution in [-0.4, -0.2) is 25.6 Å². The van der Waals surface area contributed by atoms with Crippen LogP contribution in [0.3, 0.4) is 0 Å². The van der Waals surface area contributed by atoms with E-state index in [2.05, 4.69) is 15.0 Å². The van der Waals surface area contributed by atoms with Gasteiger partial charge in [-0.2, -0.15) is 0 Å². The number of nitrogens with zero attached hydrogens (tertiary/aromatic N) is 2. The molecule has 2 aromatic carbocycles. The Morgan fingerprint density at radius 2 is 1.71 bits per heavy atom. The van der Waals surface area contributed by atoms with Crippen LogP contribution in [0, 0.1) is 4.77 Å². The number of nitrogens with one attached hydrogen (secondary N) is 2. The highest BCUT2D eigenvalue weighted by Crippen LogP contribution is 2.22. The number of benzene rings is 2. The first-order valence-corrected chi connectivity index (χ1v) is 8.46. The number of carbonyl (C=O) groups excluding carboxylic acids is 1. The minimum Gasteiger partial charge on any atom is -0.331 e. The van der Waals surface area contributed by atoms with Gasteiger partial charge in [0, 0.05) is 6.20 Å². The first kappa shape index (κ1) is 14.8. The van der Waals surface area contributed by atoms with E-state index in [1.54, 1.807) is 0 Å². The molecule has 24 heavy (non-hydrogen) atoms. The molecule has 0 saturated heterocycles. The summed E-state index contributed by atoms with van der Waals surface area (Å²) in [6.45, 7) is 0. The molecule has 0 bridgehead atoms. The molecule has 5 rings (SSSR count). The molecule has 0 aliphatic heterocycles. The number of thiazole rings is 1. The Bertz CT molecular complexity index is 1180. The Hall–Kier alpha value is -2.77. The summed E-state index contributed by atoms with van der Waals surface area (Å²) in [5.41, 5.74) is 4.14. The Balaban J connectivity index is 0.000000129. The van der Waals surface area contributed by atoms with Gasteiger partial charge in [0.15, 0.2) is 16.0 Å². The summed E-state index contributed by atoms with van der Waals surface area (Å²) < 4.78 is 2.63. The van der Waals surface area contributed by atoms with Gasteiger partial charge in [0.1, 0.15) is 0 Å². The molecular weight excluding hydrogens is 340 g/mol.